The molecule has 0 aromatic carbocycles. The Bertz CT molecular complexity index is 425. The molecule has 132 valence electrons. The molecule has 0 bridgehead atoms. The van der Waals surface area contributed by atoms with Crippen molar-refractivity contribution in [1.82, 2.24) is 20.3 Å². The standard InChI is InChI=1S/C15H29N5O3/c1-2-3-4-14-13-20(19-18-14)8-12-22-9-5-15(21)17-7-11-23-10-6-16/h13H,2-12,16H2,1H3,(H,17,21). The SMILES string of the molecule is CCCCc1cn(CCOCCC(=O)NCCOCCN)nn1. The zero-order chi connectivity index (χ0) is 16.8. The monoisotopic (exact) mass is 327 g/mol. The number of aromatic nitrogens is 3. The van der Waals surface area contributed by atoms with E-state index in [4.69, 9.17) is 15.2 Å². The zero-order valence-electron chi connectivity index (χ0n) is 14.0. The summed E-state index contributed by atoms with van der Waals surface area (Å²) in [7, 11) is 0. The lowest BCUT2D eigenvalue weighted by atomic mass is 10.2. The smallest absolute Gasteiger partial charge is 0.222 e. The third kappa shape index (κ3) is 9.98. The van der Waals surface area contributed by atoms with Crippen molar-refractivity contribution in [1.29, 1.82) is 0 Å². The van der Waals surface area contributed by atoms with E-state index < -0.39 is 0 Å². The largest absolute Gasteiger partial charge is 0.379 e. The van der Waals surface area contributed by atoms with Crippen LogP contribution in [-0.2, 0) is 27.2 Å². The van der Waals surface area contributed by atoms with Gasteiger partial charge in [-0.2, -0.15) is 0 Å². The average molecular weight is 327 g/mol. The summed E-state index contributed by atoms with van der Waals surface area (Å²) in [6.45, 7) is 5.70. The van der Waals surface area contributed by atoms with E-state index in [9.17, 15) is 4.79 Å². The Morgan fingerprint density at radius 3 is 2.91 bits per heavy atom. The number of hydrogen-bond acceptors (Lipinski definition) is 6. The molecule has 1 rings (SSSR count). The first kappa shape index (κ1) is 19.5. The highest BCUT2D eigenvalue weighted by Gasteiger charge is 2.02. The predicted molar refractivity (Wildman–Crippen MR) is 87.0 cm³/mol. The van der Waals surface area contributed by atoms with Crippen LogP contribution in [0.1, 0.15) is 31.9 Å². The van der Waals surface area contributed by atoms with Crippen molar-refractivity contribution in [3.05, 3.63) is 11.9 Å². The molecule has 0 spiro atoms. The third-order valence-electron chi connectivity index (χ3n) is 3.14. The van der Waals surface area contributed by atoms with E-state index in [1.54, 1.807) is 4.68 Å². The first-order valence-electron chi connectivity index (χ1n) is 8.27. The van der Waals surface area contributed by atoms with Gasteiger partial charge in [0.15, 0.2) is 0 Å². The number of nitrogens with zero attached hydrogens (tertiary/aromatic N) is 3. The van der Waals surface area contributed by atoms with Crippen molar-refractivity contribution in [3.8, 4) is 0 Å². The lowest BCUT2D eigenvalue weighted by molar-refractivity contribution is -0.122. The Labute approximate surface area is 137 Å². The molecule has 0 saturated carbocycles. The van der Waals surface area contributed by atoms with Gasteiger partial charge in [-0.15, -0.1) is 5.10 Å². The summed E-state index contributed by atoms with van der Waals surface area (Å²) < 4.78 is 12.4. The maximum atomic E-state index is 11.5. The number of nitrogens with two attached hydrogens (primary N) is 1. The minimum absolute atomic E-state index is 0.0380. The minimum atomic E-state index is -0.0380. The Morgan fingerprint density at radius 1 is 1.30 bits per heavy atom. The maximum absolute atomic E-state index is 11.5. The highest BCUT2D eigenvalue weighted by Crippen LogP contribution is 2.00. The number of rotatable bonds is 14. The number of nitrogens with one attached hydrogen (secondary N) is 1. The van der Waals surface area contributed by atoms with E-state index in [1.807, 2.05) is 6.20 Å². The van der Waals surface area contributed by atoms with Crippen LogP contribution in [0.2, 0.25) is 0 Å². The first-order chi connectivity index (χ1) is 11.3. The molecular formula is C15H29N5O3. The van der Waals surface area contributed by atoms with E-state index in [0.717, 1.165) is 25.0 Å². The molecule has 0 aliphatic rings. The van der Waals surface area contributed by atoms with Gasteiger partial charge in [0.1, 0.15) is 0 Å². The van der Waals surface area contributed by atoms with Crippen molar-refractivity contribution in [2.24, 2.45) is 5.73 Å². The summed E-state index contributed by atoms with van der Waals surface area (Å²) >= 11 is 0. The van der Waals surface area contributed by atoms with Crippen molar-refractivity contribution < 1.29 is 14.3 Å². The summed E-state index contributed by atoms with van der Waals surface area (Å²) in [4.78, 5) is 11.5. The topological polar surface area (TPSA) is 104 Å². The van der Waals surface area contributed by atoms with Crippen LogP contribution in [0.4, 0.5) is 0 Å². The van der Waals surface area contributed by atoms with Gasteiger partial charge in [0.2, 0.25) is 5.91 Å². The molecule has 23 heavy (non-hydrogen) atoms. The number of amides is 1. The van der Waals surface area contributed by atoms with Gasteiger partial charge in [0.05, 0.1) is 38.7 Å². The molecule has 3 N–H and O–H groups in total. The van der Waals surface area contributed by atoms with E-state index >= 15 is 0 Å². The van der Waals surface area contributed by atoms with Gasteiger partial charge in [-0.1, -0.05) is 18.6 Å². The van der Waals surface area contributed by atoms with Crippen molar-refractivity contribution in [2.45, 2.75) is 39.2 Å². The van der Waals surface area contributed by atoms with Crippen LogP contribution in [0.5, 0.6) is 0 Å². The van der Waals surface area contributed by atoms with Crippen LogP contribution in [0, 0.1) is 0 Å². The fraction of sp³-hybridized carbons (Fsp3) is 0.800. The molecule has 8 nitrogen and oxygen atoms in total. The molecule has 1 amide bonds. The van der Waals surface area contributed by atoms with E-state index in [0.29, 0.717) is 52.5 Å². The van der Waals surface area contributed by atoms with Gasteiger partial charge in [-0.3, -0.25) is 4.79 Å². The Morgan fingerprint density at radius 2 is 2.13 bits per heavy atom. The number of carbonyl (C=O) groups is 1. The second-order valence-corrected chi connectivity index (χ2v) is 5.19. The fourth-order valence-corrected chi connectivity index (χ4v) is 1.88. The Kier molecular flexibility index (Phi) is 11.0. The van der Waals surface area contributed by atoms with Gasteiger partial charge >= 0.3 is 0 Å². The normalized spacial score (nSPS) is 10.9. The highest BCUT2D eigenvalue weighted by atomic mass is 16.5. The molecule has 1 heterocycles. The molecule has 0 atom stereocenters. The third-order valence-corrected chi connectivity index (χ3v) is 3.14. The number of unbranched alkanes of at least 4 members (excludes halogenated alkanes) is 1. The van der Waals surface area contributed by atoms with Crippen LogP contribution >= 0.6 is 0 Å². The summed E-state index contributed by atoms with van der Waals surface area (Å²) in [6, 6.07) is 0. The van der Waals surface area contributed by atoms with Crippen molar-refractivity contribution >= 4 is 5.91 Å². The van der Waals surface area contributed by atoms with Crippen LogP contribution in [-0.4, -0.2) is 60.4 Å². The fourth-order valence-electron chi connectivity index (χ4n) is 1.88. The molecule has 0 aliphatic heterocycles. The summed E-state index contributed by atoms with van der Waals surface area (Å²) in [5.74, 6) is -0.0380. The highest BCUT2D eigenvalue weighted by molar-refractivity contribution is 5.75. The minimum Gasteiger partial charge on any atom is -0.379 e. The summed E-state index contributed by atoms with van der Waals surface area (Å²) in [6.07, 6.45) is 5.54. The van der Waals surface area contributed by atoms with E-state index in [-0.39, 0.29) is 5.91 Å². The Hall–Kier alpha value is -1.51. The molecule has 0 unspecified atom stereocenters. The molecule has 0 aliphatic carbocycles. The summed E-state index contributed by atoms with van der Waals surface area (Å²) in [5.41, 5.74) is 6.31. The average Bonchev–Trinajstić information content (AvgIpc) is 3.00. The number of carbonyl (C=O) groups excluding carboxylic acids is 1. The lowest BCUT2D eigenvalue weighted by Gasteiger charge is -2.06. The van der Waals surface area contributed by atoms with E-state index in [2.05, 4.69) is 22.6 Å². The molecule has 0 saturated heterocycles. The van der Waals surface area contributed by atoms with Gasteiger partial charge in [-0.25, -0.2) is 4.68 Å². The number of aryl methyl sites for hydroxylation is 1. The Balaban J connectivity index is 1.98. The molecule has 8 heteroatoms. The van der Waals surface area contributed by atoms with Crippen molar-refractivity contribution in [3.63, 3.8) is 0 Å². The zero-order valence-corrected chi connectivity index (χ0v) is 14.0. The molecule has 1 aromatic heterocycles. The molecular weight excluding hydrogens is 298 g/mol. The maximum Gasteiger partial charge on any atom is 0.222 e. The predicted octanol–water partition coefficient (Wildman–Crippen LogP) is 0.119. The van der Waals surface area contributed by atoms with Gasteiger partial charge in [0, 0.05) is 25.7 Å². The van der Waals surface area contributed by atoms with Gasteiger partial charge in [0.25, 0.3) is 0 Å². The second kappa shape index (κ2) is 13.0. The van der Waals surface area contributed by atoms with E-state index in [1.165, 1.54) is 0 Å². The molecule has 0 radical (unpaired) electrons. The molecule has 1 aromatic rings. The number of hydrogen-bond donors (Lipinski definition) is 2. The quantitative estimate of drug-likeness (QED) is 0.470. The van der Waals surface area contributed by atoms with Gasteiger partial charge in [-0.05, 0) is 12.8 Å². The molecule has 0 fully saturated rings. The van der Waals surface area contributed by atoms with Crippen LogP contribution in [0.15, 0.2) is 6.20 Å². The number of ether oxygens (including phenoxy) is 2. The van der Waals surface area contributed by atoms with Crippen molar-refractivity contribution in [2.75, 3.05) is 39.5 Å². The lowest BCUT2D eigenvalue weighted by Crippen LogP contribution is -2.28. The van der Waals surface area contributed by atoms with Crippen LogP contribution in [0.25, 0.3) is 0 Å². The van der Waals surface area contributed by atoms with Gasteiger partial charge < -0.3 is 20.5 Å². The van der Waals surface area contributed by atoms with Crippen LogP contribution in [0.3, 0.4) is 0 Å². The first-order valence-corrected chi connectivity index (χ1v) is 8.27. The van der Waals surface area contributed by atoms with Crippen LogP contribution < -0.4 is 11.1 Å². The summed E-state index contributed by atoms with van der Waals surface area (Å²) in [5, 5.41) is 10.9. The second-order valence-electron chi connectivity index (χ2n) is 5.19.